The van der Waals surface area contributed by atoms with Crippen LogP contribution in [0.1, 0.15) is 27.0 Å². The van der Waals surface area contributed by atoms with Crippen LogP contribution >= 0.6 is 0 Å². The molecule has 0 unspecified atom stereocenters. The average molecular weight is 359 g/mol. The molecular weight excluding hydrogens is 347 g/mol. The minimum absolute atomic E-state index is 0.0769. The Labute approximate surface area is 146 Å². The predicted octanol–water partition coefficient (Wildman–Crippen LogP) is 3.13. The van der Waals surface area contributed by atoms with Gasteiger partial charge in [0.1, 0.15) is 0 Å². The average Bonchev–Trinajstić information content (AvgIpc) is 2.66. The highest BCUT2D eigenvalue weighted by Crippen LogP contribution is 2.29. The quantitative estimate of drug-likeness (QED) is 0.705. The maximum atomic E-state index is 12.8. The summed E-state index contributed by atoms with van der Waals surface area (Å²) in [6, 6.07) is 6.00. The van der Waals surface area contributed by atoms with Crippen LogP contribution in [0.25, 0.3) is 0 Å². The molecule has 0 spiro atoms. The smallest absolute Gasteiger partial charge is 0.350 e. The van der Waals surface area contributed by atoms with Crippen molar-refractivity contribution in [1.29, 1.82) is 0 Å². The molecule has 2 heterocycles. The van der Waals surface area contributed by atoms with Gasteiger partial charge in [-0.05, 0) is 23.8 Å². The maximum Gasteiger partial charge on any atom is 0.416 e. The van der Waals surface area contributed by atoms with E-state index < -0.39 is 17.5 Å². The van der Waals surface area contributed by atoms with Crippen molar-refractivity contribution >= 4 is 11.7 Å². The van der Waals surface area contributed by atoms with Gasteiger partial charge in [0.2, 0.25) is 5.95 Å². The topological polar surface area (TPSA) is 80.7 Å². The van der Waals surface area contributed by atoms with Crippen LogP contribution in [0.4, 0.5) is 19.1 Å². The van der Waals surface area contributed by atoms with Crippen molar-refractivity contribution in [3.63, 3.8) is 0 Å². The van der Waals surface area contributed by atoms with Crippen LogP contribution in [0.2, 0.25) is 0 Å². The third-order valence-electron chi connectivity index (χ3n) is 3.46. The largest absolute Gasteiger partial charge is 0.416 e. The monoisotopic (exact) mass is 359 g/mol. The molecule has 132 valence electrons. The molecule has 26 heavy (non-hydrogen) atoms. The van der Waals surface area contributed by atoms with Gasteiger partial charge in [0.15, 0.2) is 5.78 Å². The molecule has 9 heteroatoms. The molecule has 0 saturated carbocycles. The number of nitrogens with zero attached hydrogens (tertiary/aromatic N) is 4. The minimum Gasteiger partial charge on any atom is -0.350 e. The Kier molecular flexibility index (Phi) is 4.87. The van der Waals surface area contributed by atoms with Gasteiger partial charge in [0.05, 0.1) is 17.3 Å². The molecule has 0 fully saturated rings. The van der Waals surface area contributed by atoms with E-state index in [4.69, 9.17) is 0 Å². The van der Waals surface area contributed by atoms with Crippen molar-refractivity contribution < 1.29 is 18.0 Å². The summed E-state index contributed by atoms with van der Waals surface area (Å²) in [4.78, 5) is 20.4. The molecular formula is C17H12F3N5O. The standard InChI is InChI=1S/C17H12F3N5O/c18-17(19,20)14-3-1-2-12(6-14)15(26)13-9-22-16(23-10-13)21-7-11-4-5-24-25-8-11/h1-6,8-10H,7H2,(H,21,22,23). The number of ketones is 1. The van der Waals surface area contributed by atoms with Crippen LogP contribution in [0.5, 0.6) is 0 Å². The highest BCUT2D eigenvalue weighted by atomic mass is 19.4. The molecule has 0 aliphatic heterocycles. The van der Waals surface area contributed by atoms with Gasteiger partial charge in [0.25, 0.3) is 0 Å². The van der Waals surface area contributed by atoms with E-state index in [0.29, 0.717) is 6.54 Å². The lowest BCUT2D eigenvalue weighted by molar-refractivity contribution is -0.137. The van der Waals surface area contributed by atoms with Crippen LogP contribution in [0.3, 0.4) is 0 Å². The molecule has 6 nitrogen and oxygen atoms in total. The van der Waals surface area contributed by atoms with Gasteiger partial charge in [0, 0.05) is 30.7 Å². The zero-order valence-electron chi connectivity index (χ0n) is 13.2. The van der Waals surface area contributed by atoms with E-state index in [0.717, 1.165) is 17.7 Å². The Morgan fingerprint density at radius 1 is 1.00 bits per heavy atom. The van der Waals surface area contributed by atoms with Gasteiger partial charge in [-0.2, -0.15) is 23.4 Å². The van der Waals surface area contributed by atoms with Crippen molar-refractivity contribution in [2.45, 2.75) is 12.7 Å². The van der Waals surface area contributed by atoms with E-state index in [2.05, 4.69) is 25.5 Å². The Bertz CT molecular complexity index is 898. The lowest BCUT2D eigenvalue weighted by Crippen LogP contribution is -2.09. The minimum atomic E-state index is -4.51. The fourth-order valence-electron chi connectivity index (χ4n) is 2.14. The molecule has 0 saturated heterocycles. The number of aromatic nitrogens is 4. The first-order chi connectivity index (χ1) is 12.4. The van der Waals surface area contributed by atoms with E-state index in [9.17, 15) is 18.0 Å². The van der Waals surface area contributed by atoms with Crippen molar-refractivity contribution in [3.8, 4) is 0 Å². The van der Waals surface area contributed by atoms with E-state index in [1.807, 2.05) is 0 Å². The van der Waals surface area contributed by atoms with Crippen LogP contribution in [-0.4, -0.2) is 25.9 Å². The van der Waals surface area contributed by atoms with Crippen LogP contribution in [0.15, 0.2) is 55.1 Å². The van der Waals surface area contributed by atoms with E-state index >= 15 is 0 Å². The summed E-state index contributed by atoms with van der Waals surface area (Å²) in [5.41, 5.74) is 0.00804. The lowest BCUT2D eigenvalue weighted by Gasteiger charge is -2.08. The van der Waals surface area contributed by atoms with Crippen LogP contribution in [0, 0.1) is 0 Å². The van der Waals surface area contributed by atoms with Gasteiger partial charge in [-0.1, -0.05) is 12.1 Å². The number of halogens is 3. The first-order valence-electron chi connectivity index (χ1n) is 7.47. The molecule has 1 N–H and O–H groups in total. The van der Waals surface area contributed by atoms with Crippen molar-refractivity contribution in [2.75, 3.05) is 5.32 Å². The first kappa shape index (κ1) is 17.5. The van der Waals surface area contributed by atoms with E-state index in [1.54, 1.807) is 18.5 Å². The van der Waals surface area contributed by atoms with Crippen molar-refractivity contribution in [2.24, 2.45) is 0 Å². The predicted molar refractivity (Wildman–Crippen MR) is 86.3 cm³/mol. The summed E-state index contributed by atoms with van der Waals surface area (Å²) in [5, 5.41) is 10.3. The van der Waals surface area contributed by atoms with Crippen molar-refractivity contribution in [3.05, 3.63) is 77.4 Å². The Morgan fingerprint density at radius 2 is 1.77 bits per heavy atom. The highest BCUT2D eigenvalue weighted by Gasteiger charge is 2.31. The zero-order valence-corrected chi connectivity index (χ0v) is 13.2. The zero-order chi connectivity index (χ0) is 18.6. The first-order valence-corrected chi connectivity index (χ1v) is 7.47. The Balaban J connectivity index is 1.71. The lowest BCUT2D eigenvalue weighted by atomic mass is 10.0. The van der Waals surface area contributed by atoms with Gasteiger partial charge < -0.3 is 5.32 Å². The summed E-state index contributed by atoms with van der Waals surface area (Å²) < 4.78 is 38.3. The van der Waals surface area contributed by atoms with Crippen molar-refractivity contribution in [1.82, 2.24) is 20.2 Å². The van der Waals surface area contributed by atoms with Gasteiger partial charge >= 0.3 is 6.18 Å². The van der Waals surface area contributed by atoms with Gasteiger partial charge in [-0.3, -0.25) is 4.79 Å². The third kappa shape index (κ3) is 4.18. The summed E-state index contributed by atoms with van der Waals surface area (Å²) in [7, 11) is 0. The SMILES string of the molecule is O=C(c1cnc(NCc2ccnnc2)nc1)c1cccc(C(F)(F)F)c1. The summed E-state index contributed by atoms with van der Waals surface area (Å²) >= 11 is 0. The molecule has 0 amide bonds. The molecule has 0 atom stereocenters. The molecule has 0 aliphatic carbocycles. The number of hydrogen-bond acceptors (Lipinski definition) is 6. The number of carbonyl (C=O) groups is 1. The molecule has 3 aromatic rings. The molecule has 3 rings (SSSR count). The second kappa shape index (κ2) is 7.26. The normalized spacial score (nSPS) is 11.2. The second-order valence-corrected chi connectivity index (χ2v) is 5.31. The molecule has 0 aliphatic rings. The third-order valence-corrected chi connectivity index (χ3v) is 3.46. The number of alkyl halides is 3. The van der Waals surface area contributed by atoms with E-state index in [1.165, 1.54) is 24.5 Å². The maximum absolute atomic E-state index is 12.8. The molecule has 0 bridgehead atoms. The Hall–Kier alpha value is -3.36. The molecule has 0 radical (unpaired) electrons. The fourth-order valence-corrected chi connectivity index (χ4v) is 2.14. The number of nitrogens with one attached hydrogen (secondary N) is 1. The summed E-state index contributed by atoms with van der Waals surface area (Å²) in [5.74, 6) is -0.302. The number of benzene rings is 1. The molecule has 2 aromatic heterocycles. The summed E-state index contributed by atoms with van der Waals surface area (Å²) in [6.45, 7) is 0.413. The van der Waals surface area contributed by atoms with Gasteiger partial charge in [-0.15, -0.1) is 0 Å². The number of anilines is 1. The summed E-state index contributed by atoms with van der Waals surface area (Å²) in [6.07, 6.45) is 1.15. The van der Waals surface area contributed by atoms with Gasteiger partial charge in [-0.25, -0.2) is 9.97 Å². The fraction of sp³-hybridized carbons (Fsp3) is 0.118. The number of carbonyl (C=O) groups excluding carboxylic acids is 1. The van der Waals surface area contributed by atoms with Crippen LogP contribution < -0.4 is 5.32 Å². The van der Waals surface area contributed by atoms with E-state index in [-0.39, 0.29) is 17.1 Å². The van der Waals surface area contributed by atoms with Crippen LogP contribution in [-0.2, 0) is 12.7 Å². The highest BCUT2D eigenvalue weighted by molar-refractivity contribution is 6.08. The number of rotatable bonds is 5. The Morgan fingerprint density at radius 3 is 2.42 bits per heavy atom. The molecule has 1 aromatic carbocycles. The number of hydrogen-bond donors (Lipinski definition) is 1. The second-order valence-electron chi connectivity index (χ2n) is 5.31.